The highest BCUT2D eigenvalue weighted by Crippen LogP contribution is 2.65. The van der Waals surface area contributed by atoms with Gasteiger partial charge in [0.2, 0.25) is 0 Å². The molecule has 0 N–H and O–H groups in total. The Morgan fingerprint density at radius 3 is 2.64 bits per heavy atom. The standard InChI is InChI=1S/C22H30O3/c1-13-11-16(25-14(2)23)12-15-5-6-17-18-7-8-20(24)21(18,3)10-9-19(17)22(13,15)4/h15,17-19H,5-10,12H2,1-4H3/t15?,17-,18-,19-,21-,22-/m0/s1. The van der Waals surface area contributed by atoms with Crippen molar-refractivity contribution < 1.29 is 14.3 Å². The maximum absolute atomic E-state index is 12.5. The van der Waals surface area contributed by atoms with Crippen LogP contribution in [0.15, 0.2) is 17.1 Å². The molecule has 0 spiro atoms. The largest absolute Gasteiger partial charge is 0.423 e. The molecule has 3 saturated carbocycles. The number of ether oxygens (including phenoxy) is 1. The van der Waals surface area contributed by atoms with Gasteiger partial charge in [-0.15, -0.1) is 0 Å². The van der Waals surface area contributed by atoms with Crippen LogP contribution < -0.4 is 0 Å². The molecule has 3 heteroatoms. The molecule has 136 valence electrons. The third kappa shape index (κ3) is 2.31. The molecule has 0 bridgehead atoms. The number of carbonyl (C=O) groups excluding carboxylic acids is 2. The first-order valence-corrected chi connectivity index (χ1v) is 9.95. The molecule has 0 radical (unpaired) electrons. The highest BCUT2D eigenvalue weighted by molar-refractivity contribution is 5.87. The second-order valence-electron chi connectivity index (χ2n) is 9.32. The van der Waals surface area contributed by atoms with Crippen molar-refractivity contribution in [2.45, 2.75) is 72.6 Å². The Labute approximate surface area is 150 Å². The van der Waals surface area contributed by atoms with Crippen molar-refractivity contribution in [3.63, 3.8) is 0 Å². The monoisotopic (exact) mass is 342 g/mol. The van der Waals surface area contributed by atoms with Gasteiger partial charge in [0.1, 0.15) is 11.5 Å². The van der Waals surface area contributed by atoms with E-state index in [0.717, 1.165) is 37.9 Å². The highest BCUT2D eigenvalue weighted by atomic mass is 16.5. The predicted octanol–water partition coefficient (Wildman–Crippen LogP) is 4.81. The molecule has 4 aliphatic rings. The van der Waals surface area contributed by atoms with Gasteiger partial charge in [-0.25, -0.2) is 0 Å². The van der Waals surface area contributed by atoms with Crippen LogP contribution in [0.25, 0.3) is 0 Å². The van der Waals surface area contributed by atoms with E-state index >= 15 is 0 Å². The Kier molecular flexibility index (Phi) is 3.81. The lowest BCUT2D eigenvalue weighted by molar-refractivity contribution is -0.138. The van der Waals surface area contributed by atoms with E-state index in [0.29, 0.717) is 29.5 Å². The van der Waals surface area contributed by atoms with Gasteiger partial charge in [-0.2, -0.15) is 0 Å². The number of fused-ring (bicyclic) bond motifs is 5. The summed E-state index contributed by atoms with van der Waals surface area (Å²) in [5.41, 5.74) is 4.75. The summed E-state index contributed by atoms with van der Waals surface area (Å²) in [6.07, 6.45) is 7.30. The van der Waals surface area contributed by atoms with Gasteiger partial charge in [-0.1, -0.05) is 19.6 Å². The summed E-state index contributed by atoms with van der Waals surface area (Å²) >= 11 is 0. The minimum atomic E-state index is -0.245. The van der Waals surface area contributed by atoms with Crippen LogP contribution in [0.3, 0.4) is 0 Å². The fourth-order valence-electron chi connectivity index (χ4n) is 6.96. The summed E-state index contributed by atoms with van der Waals surface area (Å²) in [5.74, 6) is 3.40. The number of ketones is 1. The Hall–Kier alpha value is -1.34. The number of rotatable bonds is 1. The molecule has 4 rings (SSSR count). The SMILES string of the molecule is CC(=O)OC1=C=C(C)[C@@]2(C)C(CC[C@@H]3[C@@H]2CC[C@]2(C)C(=O)CC[C@@H]32)C1. The van der Waals surface area contributed by atoms with Gasteiger partial charge in [0.15, 0.2) is 0 Å². The molecule has 0 saturated heterocycles. The van der Waals surface area contributed by atoms with Crippen molar-refractivity contribution in [1.29, 1.82) is 0 Å². The molecule has 0 amide bonds. The first kappa shape index (κ1) is 17.1. The zero-order valence-corrected chi connectivity index (χ0v) is 16.0. The summed E-state index contributed by atoms with van der Waals surface area (Å²) in [6.45, 7) is 8.29. The molecule has 0 aromatic rings. The van der Waals surface area contributed by atoms with Crippen LogP contribution in [0.5, 0.6) is 0 Å². The van der Waals surface area contributed by atoms with Gasteiger partial charge in [0, 0.05) is 30.6 Å². The van der Waals surface area contributed by atoms with Gasteiger partial charge in [0.25, 0.3) is 0 Å². The van der Waals surface area contributed by atoms with E-state index in [1.165, 1.54) is 25.3 Å². The van der Waals surface area contributed by atoms with E-state index in [1.807, 2.05) is 0 Å². The molecule has 3 fully saturated rings. The fourth-order valence-corrected chi connectivity index (χ4v) is 6.96. The number of allylic oxidation sites excluding steroid dienone is 1. The van der Waals surface area contributed by atoms with E-state index < -0.39 is 0 Å². The van der Waals surface area contributed by atoms with Crippen LogP contribution >= 0.6 is 0 Å². The van der Waals surface area contributed by atoms with Crippen molar-refractivity contribution in [2.24, 2.45) is 34.5 Å². The topological polar surface area (TPSA) is 43.4 Å². The molecular weight excluding hydrogens is 312 g/mol. The molecular formula is C22H30O3. The van der Waals surface area contributed by atoms with Gasteiger partial charge in [-0.05, 0) is 68.3 Å². The maximum atomic E-state index is 12.5. The Balaban J connectivity index is 1.70. The molecule has 0 heterocycles. The fraction of sp³-hybridized carbons (Fsp3) is 0.773. The summed E-state index contributed by atoms with van der Waals surface area (Å²) in [6, 6.07) is 0. The van der Waals surface area contributed by atoms with E-state index in [4.69, 9.17) is 4.74 Å². The average Bonchev–Trinajstić information content (AvgIpc) is 2.84. The summed E-state index contributed by atoms with van der Waals surface area (Å²) in [4.78, 5) is 23.9. The molecule has 0 aromatic heterocycles. The average molecular weight is 342 g/mol. The molecule has 1 unspecified atom stereocenters. The Morgan fingerprint density at radius 2 is 1.92 bits per heavy atom. The summed E-state index contributed by atoms with van der Waals surface area (Å²) in [5, 5.41) is 0. The van der Waals surface area contributed by atoms with E-state index in [1.54, 1.807) is 0 Å². The van der Waals surface area contributed by atoms with E-state index in [2.05, 4.69) is 26.5 Å². The van der Waals surface area contributed by atoms with Crippen molar-refractivity contribution in [2.75, 3.05) is 0 Å². The van der Waals surface area contributed by atoms with Crippen LogP contribution in [0.1, 0.15) is 72.6 Å². The molecule has 0 aliphatic heterocycles. The summed E-state index contributed by atoms with van der Waals surface area (Å²) < 4.78 is 5.39. The first-order valence-electron chi connectivity index (χ1n) is 9.95. The van der Waals surface area contributed by atoms with Crippen molar-refractivity contribution >= 4 is 11.8 Å². The number of hydrogen-bond acceptors (Lipinski definition) is 3. The van der Waals surface area contributed by atoms with E-state index in [9.17, 15) is 9.59 Å². The van der Waals surface area contributed by atoms with E-state index in [-0.39, 0.29) is 16.8 Å². The normalized spacial score (nSPS) is 45.7. The van der Waals surface area contributed by atoms with Gasteiger partial charge in [0.05, 0.1) is 0 Å². The van der Waals surface area contributed by atoms with Crippen LogP contribution in [0, 0.1) is 34.5 Å². The second-order valence-corrected chi connectivity index (χ2v) is 9.32. The third-order valence-corrected chi connectivity index (χ3v) is 8.45. The molecule has 25 heavy (non-hydrogen) atoms. The lowest BCUT2D eigenvalue weighted by atomic mass is 9.45. The Morgan fingerprint density at radius 1 is 1.16 bits per heavy atom. The number of hydrogen-bond donors (Lipinski definition) is 0. The molecule has 4 aliphatic carbocycles. The molecule has 0 aromatic carbocycles. The number of Topliss-reactive ketones (excluding diaryl/α,β-unsaturated/α-hetero) is 1. The summed E-state index contributed by atoms with van der Waals surface area (Å²) in [7, 11) is 0. The van der Waals surface area contributed by atoms with Crippen LogP contribution in [0.2, 0.25) is 0 Å². The third-order valence-electron chi connectivity index (χ3n) is 8.45. The van der Waals surface area contributed by atoms with Crippen molar-refractivity contribution in [3.8, 4) is 0 Å². The van der Waals surface area contributed by atoms with Crippen molar-refractivity contribution in [3.05, 3.63) is 17.1 Å². The van der Waals surface area contributed by atoms with Gasteiger partial charge >= 0.3 is 5.97 Å². The van der Waals surface area contributed by atoms with Crippen molar-refractivity contribution in [1.82, 2.24) is 0 Å². The number of esters is 1. The van der Waals surface area contributed by atoms with Crippen LogP contribution in [0.4, 0.5) is 0 Å². The van der Waals surface area contributed by atoms with Gasteiger partial charge < -0.3 is 4.74 Å². The smallest absolute Gasteiger partial charge is 0.308 e. The quantitative estimate of drug-likeness (QED) is 0.507. The zero-order chi connectivity index (χ0) is 18.0. The highest BCUT2D eigenvalue weighted by Gasteiger charge is 2.60. The predicted molar refractivity (Wildman–Crippen MR) is 95.5 cm³/mol. The van der Waals surface area contributed by atoms with Crippen LogP contribution in [-0.4, -0.2) is 11.8 Å². The zero-order valence-electron chi connectivity index (χ0n) is 16.0. The molecule has 6 atom stereocenters. The minimum absolute atomic E-state index is 0.0601. The molecule has 3 nitrogen and oxygen atoms in total. The maximum Gasteiger partial charge on any atom is 0.308 e. The Bertz CT molecular complexity index is 698. The van der Waals surface area contributed by atoms with Gasteiger partial charge in [-0.3, -0.25) is 9.59 Å². The number of carbonyl (C=O) groups is 2. The first-order chi connectivity index (χ1) is 11.8. The van der Waals surface area contributed by atoms with Crippen LogP contribution in [-0.2, 0) is 14.3 Å². The lowest BCUT2D eigenvalue weighted by Crippen LogP contribution is -2.53. The second kappa shape index (κ2) is 5.58. The lowest BCUT2D eigenvalue weighted by Gasteiger charge is -2.58. The minimum Gasteiger partial charge on any atom is -0.423 e.